The van der Waals surface area contributed by atoms with Gasteiger partial charge >= 0.3 is 0 Å². The van der Waals surface area contributed by atoms with Gasteiger partial charge in [0, 0.05) is 0 Å². The first kappa shape index (κ1) is 7.90. The topological polar surface area (TPSA) is 31.5 Å². The van der Waals surface area contributed by atoms with E-state index in [0.717, 1.165) is 0 Å². The summed E-state index contributed by atoms with van der Waals surface area (Å²) in [5, 5.41) is 0. The molecule has 0 aromatic carbocycles. The SMILES string of the molecule is C1=CI=IC=C1.O. The fraction of sp³-hybridized carbons (Fsp3) is 0. The van der Waals surface area contributed by atoms with Crippen molar-refractivity contribution in [3.8, 4) is 0 Å². The van der Waals surface area contributed by atoms with Gasteiger partial charge in [-0.15, -0.1) is 0 Å². The molecule has 0 aliphatic carbocycles. The van der Waals surface area contributed by atoms with Gasteiger partial charge in [-0.05, 0) is 8.17 Å². The molecule has 0 unspecified atom stereocenters. The molecular weight excluding hydrogens is 318 g/mol. The summed E-state index contributed by atoms with van der Waals surface area (Å²) >= 11 is 1.11. The molecule has 0 bridgehead atoms. The highest BCUT2D eigenvalue weighted by Crippen LogP contribution is 2.22. The lowest BCUT2D eigenvalue weighted by Crippen LogP contribution is -1.39. The second-order valence-electron chi connectivity index (χ2n) is 0.802. The molecule has 0 amide bonds. The van der Waals surface area contributed by atoms with Gasteiger partial charge in [0.25, 0.3) is 0 Å². The Balaban J connectivity index is 0.000000360. The summed E-state index contributed by atoms with van der Waals surface area (Å²) in [5.41, 5.74) is 0. The lowest BCUT2D eigenvalue weighted by molar-refractivity contribution is 0.824. The smallest absolute Gasteiger partial charge is 0.0234 e. The molecule has 1 heterocycles. The Hall–Kier alpha value is 0.900. The maximum atomic E-state index is 2.34. The largest absolute Gasteiger partial charge is 0.412 e. The zero-order valence-electron chi connectivity index (χ0n) is 3.57. The molecule has 0 atom stereocenters. The fourth-order valence-corrected chi connectivity index (χ4v) is 5.51. The molecule has 3 heteroatoms. The first-order valence-corrected chi connectivity index (χ1v) is 10.4. The molecule has 0 spiro atoms. The van der Waals surface area contributed by atoms with Crippen LogP contribution in [0.15, 0.2) is 20.3 Å². The van der Waals surface area contributed by atoms with Crippen LogP contribution < -0.4 is 0 Å². The maximum absolute atomic E-state index is 2.34. The summed E-state index contributed by atoms with van der Waals surface area (Å²) in [6.45, 7) is 0. The molecule has 2 N–H and O–H groups in total. The van der Waals surface area contributed by atoms with Gasteiger partial charge in [0.2, 0.25) is 0 Å². The lowest BCUT2D eigenvalue weighted by Gasteiger charge is -1.75. The standard InChI is InChI=1S/C4H4I2.H2O/c1-2-4-6-5-3-1;/h1-4H;1H2. The maximum Gasteiger partial charge on any atom is -0.0234 e. The summed E-state index contributed by atoms with van der Waals surface area (Å²) < 4.78 is 4.68. The fourth-order valence-electron chi connectivity index (χ4n) is 0.194. The second kappa shape index (κ2) is 5.04. The van der Waals surface area contributed by atoms with Crippen LogP contribution in [0.4, 0.5) is 0 Å². The van der Waals surface area contributed by atoms with E-state index in [-0.39, 0.29) is 5.48 Å². The number of allylic oxidation sites excluding steroid dienone is 2. The van der Waals surface area contributed by atoms with Crippen molar-refractivity contribution in [1.29, 1.82) is 0 Å². The summed E-state index contributed by atoms with van der Waals surface area (Å²) in [4.78, 5) is 0. The van der Waals surface area contributed by atoms with Crippen molar-refractivity contribution in [3.63, 3.8) is 0 Å². The van der Waals surface area contributed by atoms with Crippen LogP contribution in [-0.4, -0.2) is 5.48 Å². The Kier molecular flexibility index (Phi) is 5.69. The van der Waals surface area contributed by atoms with E-state index >= 15 is 0 Å². The van der Waals surface area contributed by atoms with Crippen LogP contribution in [0.3, 0.4) is 0 Å². The van der Waals surface area contributed by atoms with E-state index in [1.807, 2.05) is 0 Å². The van der Waals surface area contributed by atoms with Crippen LogP contribution in [0, 0.1) is 0 Å². The number of halogens is 2. The van der Waals surface area contributed by atoms with E-state index in [1.54, 1.807) is 0 Å². The van der Waals surface area contributed by atoms with Gasteiger partial charge in [-0.2, -0.15) is 0 Å². The third-order valence-electron chi connectivity index (χ3n) is 0.399. The van der Waals surface area contributed by atoms with E-state index in [1.165, 1.54) is 0 Å². The Bertz CT molecular complexity index is 79.1. The van der Waals surface area contributed by atoms with Crippen LogP contribution in [0.2, 0.25) is 0 Å². The second-order valence-corrected chi connectivity index (χ2v) is 9.50. The molecule has 42 valence electrons. The van der Waals surface area contributed by atoms with Gasteiger partial charge in [-0.3, -0.25) is 0 Å². The molecule has 0 aromatic heterocycles. The quantitative estimate of drug-likeness (QED) is 0.611. The van der Waals surface area contributed by atoms with E-state index < -0.39 is 0 Å². The minimum atomic E-state index is 0. The Labute approximate surface area is 58.5 Å². The molecule has 0 aromatic rings. The Morgan fingerprint density at radius 3 is 1.43 bits per heavy atom. The van der Waals surface area contributed by atoms with E-state index in [0.29, 0.717) is 33.2 Å². The van der Waals surface area contributed by atoms with Gasteiger partial charge in [0.05, 0.1) is 0 Å². The predicted molar refractivity (Wildman–Crippen MR) is 49.9 cm³/mol. The molecule has 0 fully saturated rings. The Morgan fingerprint density at radius 1 is 0.857 bits per heavy atom. The van der Waals surface area contributed by atoms with Gasteiger partial charge in [-0.25, -0.2) is 0 Å². The first-order valence-electron chi connectivity index (χ1n) is 1.58. The molecule has 1 nitrogen and oxygen atoms in total. The van der Waals surface area contributed by atoms with E-state index in [9.17, 15) is 0 Å². The van der Waals surface area contributed by atoms with Crippen molar-refractivity contribution in [1.82, 2.24) is 0 Å². The van der Waals surface area contributed by atoms with Crippen LogP contribution in [0.1, 0.15) is 0 Å². The molecule has 1 aliphatic rings. The van der Waals surface area contributed by atoms with Gasteiger partial charge in [-0.1, -0.05) is 45.3 Å². The normalized spacial score (nSPS) is 16.0. The molecule has 1 aliphatic heterocycles. The summed E-state index contributed by atoms with van der Waals surface area (Å²) in [5.74, 6) is 0. The average Bonchev–Trinajstić information content (AvgIpc) is 1.72. The number of rotatable bonds is 0. The third-order valence-corrected chi connectivity index (χ3v) is 7.52. The van der Waals surface area contributed by atoms with E-state index in [4.69, 9.17) is 0 Å². The van der Waals surface area contributed by atoms with Crippen molar-refractivity contribution in [3.05, 3.63) is 20.3 Å². The number of hydrogen-bond acceptors (Lipinski definition) is 0. The highest BCUT2D eigenvalue weighted by atomic mass is 128. The first-order chi connectivity index (χ1) is 3.00. The van der Waals surface area contributed by atoms with Crippen molar-refractivity contribution in [2.24, 2.45) is 0 Å². The molecule has 0 saturated carbocycles. The number of hydrogen-bond donors (Lipinski definition) is 0. The lowest BCUT2D eigenvalue weighted by atomic mass is 10.6. The van der Waals surface area contributed by atoms with Crippen molar-refractivity contribution in [2.45, 2.75) is 0 Å². The predicted octanol–water partition coefficient (Wildman–Crippen LogP) is 2.06. The van der Waals surface area contributed by atoms with Crippen LogP contribution in [-0.2, 0) is 0 Å². The molecular formula is C4H6I2O. The summed E-state index contributed by atoms with van der Waals surface area (Å²) in [6.07, 6.45) is 4.33. The summed E-state index contributed by atoms with van der Waals surface area (Å²) in [7, 11) is 0. The minimum absolute atomic E-state index is 0. The van der Waals surface area contributed by atoms with Gasteiger partial charge < -0.3 is 5.48 Å². The van der Waals surface area contributed by atoms with E-state index in [2.05, 4.69) is 20.3 Å². The van der Waals surface area contributed by atoms with Crippen LogP contribution in [0.5, 0.6) is 0 Å². The zero-order chi connectivity index (χ0) is 4.24. The zero-order valence-corrected chi connectivity index (χ0v) is 7.88. The van der Waals surface area contributed by atoms with Crippen LogP contribution in [0.25, 0.3) is 0 Å². The monoisotopic (exact) mass is 324 g/mol. The molecule has 0 saturated heterocycles. The van der Waals surface area contributed by atoms with Gasteiger partial charge in [0.15, 0.2) is 0 Å². The summed E-state index contributed by atoms with van der Waals surface area (Å²) in [6, 6.07) is 0. The molecule has 7 heavy (non-hydrogen) atoms. The highest BCUT2D eigenvalue weighted by molar-refractivity contribution is 14.8. The highest BCUT2D eigenvalue weighted by Gasteiger charge is 1.67. The van der Waals surface area contributed by atoms with Crippen molar-refractivity contribution in [2.75, 3.05) is 0 Å². The van der Waals surface area contributed by atoms with Crippen molar-refractivity contribution >= 4 is 33.2 Å². The van der Waals surface area contributed by atoms with Crippen LogP contribution >= 0.6 is 33.2 Å². The van der Waals surface area contributed by atoms with Gasteiger partial charge in [0.1, 0.15) is 0 Å². The Morgan fingerprint density at radius 2 is 1.29 bits per heavy atom. The minimum Gasteiger partial charge on any atom is -0.412 e. The van der Waals surface area contributed by atoms with Crippen molar-refractivity contribution < 1.29 is 5.48 Å². The molecule has 1 rings (SSSR count). The molecule has 0 radical (unpaired) electrons. The third kappa shape index (κ3) is 3.48. The average molecular weight is 324 g/mol.